The summed E-state index contributed by atoms with van der Waals surface area (Å²) in [5.74, 6) is 0.898. The van der Waals surface area contributed by atoms with Gasteiger partial charge < -0.3 is 19.4 Å². The first kappa shape index (κ1) is 17.7. The minimum absolute atomic E-state index is 0.0397. The maximum atomic E-state index is 12.4. The molecule has 6 heteroatoms. The number of fused-ring (bicyclic) bond motifs is 1. The summed E-state index contributed by atoms with van der Waals surface area (Å²) in [6.07, 6.45) is 1.16. The van der Waals surface area contributed by atoms with Crippen molar-refractivity contribution in [3.63, 3.8) is 0 Å². The quantitative estimate of drug-likeness (QED) is 0.815. The molecule has 2 heterocycles. The maximum absolute atomic E-state index is 12.4. The van der Waals surface area contributed by atoms with Crippen LogP contribution in [0.3, 0.4) is 0 Å². The van der Waals surface area contributed by atoms with Crippen molar-refractivity contribution in [3.05, 3.63) is 23.8 Å². The van der Waals surface area contributed by atoms with Gasteiger partial charge in [-0.3, -0.25) is 9.59 Å². The van der Waals surface area contributed by atoms with Crippen LogP contribution >= 0.6 is 0 Å². The summed E-state index contributed by atoms with van der Waals surface area (Å²) in [6.45, 7) is 9.35. The summed E-state index contributed by atoms with van der Waals surface area (Å²) in [4.78, 5) is 30.7. The Labute approximate surface area is 149 Å². The Morgan fingerprint density at radius 2 is 1.96 bits per heavy atom. The van der Waals surface area contributed by atoms with Gasteiger partial charge in [-0.25, -0.2) is 0 Å². The fraction of sp³-hybridized carbons (Fsp3) is 0.579. The Morgan fingerprint density at radius 3 is 2.68 bits per heavy atom. The van der Waals surface area contributed by atoms with Gasteiger partial charge in [0.05, 0.1) is 5.69 Å². The van der Waals surface area contributed by atoms with Crippen LogP contribution in [0.25, 0.3) is 0 Å². The van der Waals surface area contributed by atoms with Crippen LogP contribution in [0.5, 0.6) is 5.75 Å². The van der Waals surface area contributed by atoms with Gasteiger partial charge in [-0.2, -0.15) is 0 Å². The summed E-state index contributed by atoms with van der Waals surface area (Å²) in [5.41, 5.74) is 1.91. The molecular formula is C19H27N3O3. The van der Waals surface area contributed by atoms with Crippen molar-refractivity contribution >= 4 is 17.5 Å². The fourth-order valence-corrected chi connectivity index (χ4v) is 3.42. The minimum atomic E-state index is -0.0397. The third kappa shape index (κ3) is 4.12. The van der Waals surface area contributed by atoms with E-state index in [1.807, 2.05) is 30.0 Å². The van der Waals surface area contributed by atoms with Gasteiger partial charge >= 0.3 is 0 Å². The molecule has 2 aliphatic heterocycles. The van der Waals surface area contributed by atoms with Gasteiger partial charge in [0.2, 0.25) is 5.91 Å². The van der Waals surface area contributed by atoms with Gasteiger partial charge in [-0.15, -0.1) is 0 Å². The standard InChI is InChI=1S/C19H27N3O3/c1-3-20-9-11-21(12-10-20)18(23)5-4-8-22-16-13-15(2)6-7-17(16)25-14-19(22)24/h6-7,13H,3-5,8-12,14H2,1-2H3. The van der Waals surface area contributed by atoms with Crippen LogP contribution in [-0.4, -0.2) is 67.5 Å². The van der Waals surface area contributed by atoms with E-state index in [9.17, 15) is 9.59 Å². The average molecular weight is 345 g/mol. The summed E-state index contributed by atoms with van der Waals surface area (Å²) < 4.78 is 5.49. The molecule has 0 unspecified atom stereocenters. The molecule has 0 spiro atoms. The van der Waals surface area contributed by atoms with Gasteiger partial charge in [0, 0.05) is 39.1 Å². The lowest BCUT2D eigenvalue weighted by molar-refractivity contribution is -0.133. The second-order valence-corrected chi connectivity index (χ2v) is 6.72. The molecule has 1 aromatic rings. The second-order valence-electron chi connectivity index (χ2n) is 6.72. The third-order valence-electron chi connectivity index (χ3n) is 5.00. The summed E-state index contributed by atoms with van der Waals surface area (Å²) in [6, 6.07) is 5.85. The first-order valence-corrected chi connectivity index (χ1v) is 9.12. The monoisotopic (exact) mass is 345 g/mol. The molecule has 0 radical (unpaired) electrons. The molecule has 2 amide bonds. The Hall–Kier alpha value is -2.08. The van der Waals surface area contributed by atoms with E-state index < -0.39 is 0 Å². The number of likely N-dealkylation sites (N-methyl/N-ethyl adjacent to an activating group) is 1. The van der Waals surface area contributed by atoms with Crippen molar-refractivity contribution in [3.8, 4) is 5.75 Å². The van der Waals surface area contributed by atoms with E-state index >= 15 is 0 Å². The number of amides is 2. The van der Waals surface area contributed by atoms with Crippen molar-refractivity contribution in [1.82, 2.24) is 9.80 Å². The summed E-state index contributed by atoms with van der Waals surface area (Å²) in [5, 5.41) is 0. The molecule has 0 saturated carbocycles. The van der Waals surface area contributed by atoms with Gasteiger partial charge in [0.25, 0.3) is 5.91 Å². The molecule has 1 saturated heterocycles. The second kappa shape index (κ2) is 7.87. The fourth-order valence-electron chi connectivity index (χ4n) is 3.42. The van der Waals surface area contributed by atoms with Crippen LogP contribution in [0.15, 0.2) is 18.2 Å². The maximum Gasteiger partial charge on any atom is 0.265 e. The molecule has 0 atom stereocenters. The number of nitrogens with zero attached hydrogens (tertiary/aromatic N) is 3. The molecule has 3 rings (SSSR count). The number of ether oxygens (including phenoxy) is 1. The van der Waals surface area contributed by atoms with Crippen molar-refractivity contribution in [1.29, 1.82) is 0 Å². The van der Waals surface area contributed by atoms with Crippen molar-refractivity contribution in [2.45, 2.75) is 26.7 Å². The van der Waals surface area contributed by atoms with Gasteiger partial charge in [0.15, 0.2) is 6.61 Å². The van der Waals surface area contributed by atoms with Crippen molar-refractivity contribution < 1.29 is 14.3 Å². The van der Waals surface area contributed by atoms with E-state index in [0.717, 1.165) is 49.7 Å². The predicted octanol–water partition coefficient (Wildman–Crippen LogP) is 1.66. The van der Waals surface area contributed by atoms with E-state index in [1.165, 1.54) is 0 Å². The number of aryl methyl sites for hydroxylation is 1. The van der Waals surface area contributed by atoms with E-state index in [4.69, 9.17) is 4.74 Å². The summed E-state index contributed by atoms with van der Waals surface area (Å²) >= 11 is 0. The van der Waals surface area contributed by atoms with Crippen LogP contribution in [0.2, 0.25) is 0 Å². The molecule has 2 aliphatic rings. The Bertz CT molecular complexity index is 639. The number of anilines is 1. The lowest BCUT2D eigenvalue weighted by atomic mass is 10.1. The smallest absolute Gasteiger partial charge is 0.265 e. The highest BCUT2D eigenvalue weighted by atomic mass is 16.5. The lowest BCUT2D eigenvalue weighted by Gasteiger charge is -2.34. The molecule has 0 aromatic heterocycles. The number of hydrogen-bond donors (Lipinski definition) is 0. The predicted molar refractivity (Wildman–Crippen MR) is 97.0 cm³/mol. The van der Waals surface area contributed by atoms with E-state index in [-0.39, 0.29) is 18.4 Å². The molecule has 136 valence electrons. The zero-order valence-corrected chi connectivity index (χ0v) is 15.2. The number of carbonyl (C=O) groups excluding carboxylic acids is 2. The molecular weight excluding hydrogens is 318 g/mol. The van der Waals surface area contributed by atoms with Crippen LogP contribution in [0.1, 0.15) is 25.3 Å². The van der Waals surface area contributed by atoms with E-state index in [2.05, 4.69) is 11.8 Å². The van der Waals surface area contributed by atoms with Crippen LogP contribution < -0.4 is 9.64 Å². The first-order valence-electron chi connectivity index (χ1n) is 9.12. The van der Waals surface area contributed by atoms with Crippen molar-refractivity contribution in [2.75, 3.05) is 50.8 Å². The molecule has 6 nitrogen and oxygen atoms in total. The van der Waals surface area contributed by atoms with Crippen LogP contribution in [0.4, 0.5) is 5.69 Å². The molecule has 1 aromatic carbocycles. The number of hydrogen-bond acceptors (Lipinski definition) is 4. The van der Waals surface area contributed by atoms with Gasteiger partial charge in [0.1, 0.15) is 5.75 Å². The summed E-state index contributed by atoms with van der Waals surface area (Å²) in [7, 11) is 0. The Kier molecular flexibility index (Phi) is 5.58. The lowest BCUT2D eigenvalue weighted by Crippen LogP contribution is -2.48. The highest BCUT2D eigenvalue weighted by Gasteiger charge is 2.26. The zero-order valence-electron chi connectivity index (χ0n) is 15.2. The molecule has 0 N–H and O–H groups in total. The largest absolute Gasteiger partial charge is 0.482 e. The zero-order chi connectivity index (χ0) is 17.8. The highest BCUT2D eigenvalue weighted by Crippen LogP contribution is 2.33. The Balaban J connectivity index is 1.53. The van der Waals surface area contributed by atoms with Gasteiger partial charge in [-0.05, 0) is 37.6 Å². The average Bonchev–Trinajstić information content (AvgIpc) is 2.63. The number of piperazine rings is 1. The molecule has 25 heavy (non-hydrogen) atoms. The third-order valence-corrected chi connectivity index (χ3v) is 5.00. The Morgan fingerprint density at radius 1 is 1.20 bits per heavy atom. The normalized spacial score (nSPS) is 18.1. The SMILES string of the molecule is CCN1CCN(C(=O)CCCN2C(=O)COc3ccc(C)cc32)CC1. The number of carbonyl (C=O) groups is 2. The highest BCUT2D eigenvalue weighted by molar-refractivity contribution is 5.98. The topological polar surface area (TPSA) is 53.1 Å². The van der Waals surface area contributed by atoms with Crippen LogP contribution in [-0.2, 0) is 9.59 Å². The first-order chi connectivity index (χ1) is 12.1. The van der Waals surface area contributed by atoms with Crippen LogP contribution in [0, 0.1) is 6.92 Å². The van der Waals surface area contributed by atoms with E-state index in [1.54, 1.807) is 4.90 Å². The number of benzene rings is 1. The molecule has 1 fully saturated rings. The molecule has 0 aliphatic carbocycles. The minimum Gasteiger partial charge on any atom is -0.482 e. The van der Waals surface area contributed by atoms with Gasteiger partial charge in [-0.1, -0.05) is 13.0 Å². The number of rotatable bonds is 5. The molecule has 0 bridgehead atoms. The van der Waals surface area contributed by atoms with E-state index in [0.29, 0.717) is 19.4 Å². The van der Waals surface area contributed by atoms with Crippen molar-refractivity contribution in [2.24, 2.45) is 0 Å².